The zero-order chi connectivity index (χ0) is 15.1. The summed E-state index contributed by atoms with van der Waals surface area (Å²) in [5.41, 5.74) is 0.300. The average Bonchev–Trinajstić information content (AvgIpc) is 2.93. The lowest BCUT2D eigenvalue weighted by Crippen LogP contribution is -2.10. The Balaban J connectivity index is 2.14. The summed E-state index contributed by atoms with van der Waals surface area (Å²) in [5.74, 6) is 1.11. The van der Waals surface area contributed by atoms with Gasteiger partial charge in [0.25, 0.3) is 0 Å². The molecule has 0 aromatic carbocycles. The van der Waals surface area contributed by atoms with Crippen molar-refractivity contribution in [2.75, 3.05) is 18.5 Å². The third-order valence-electron chi connectivity index (χ3n) is 3.88. The van der Waals surface area contributed by atoms with Crippen molar-refractivity contribution in [3.8, 4) is 0 Å². The molecule has 1 aliphatic rings. The fraction of sp³-hybridized carbons (Fsp3) is 0.750. The fourth-order valence-electron chi connectivity index (χ4n) is 2.70. The van der Waals surface area contributed by atoms with Crippen molar-refractivity contribution in [3.05, 3.63) is 11.6 Å². The zero-order valence-electron chi connectivity index (χ0n) is 13.1. The Bertz CT molecular complexity index is 450. The van der Waals surface area contributed by atoms with E-state index in [2.05, 4.69) is 17.2 Å². The lowest BCUT2D eigenvalue weighted by molar-refractivity contribution is 0.0520. The Morgan fingerprint density at radius 1 is 1.33 bits per heavy atom. The summed E-state index contributed by atoms with van der Waals surface area (Å²) in [5, 5.41) is 3.18. The number of hydrogen-bond donors (Lipinski definition) is 1. The first kappa shape index (κ1) is 15.9. The number of rotatable bonds is 7. The van der Waals surface area contributed by atoms with Gasteiger partial charge in [0.15, 0.2) is 0 Å². The summed E-state index contributed by atoms with van der Waals surface area (Å²) in [7, 11) is 0. The zero-order valence-corrected chi connectivity index (χ0v) is 13.1. The molecule has 118 valence electrons. The molecule has 0 unspecified atom stereocenters. The summed E-state index contributed by atoms with van der Waals surface area (Å²) in [6.07, 6.45) is 8.01. The Labute approximate surface area is 126 Å². The van der Waals surface area contributed by atoms with Gasteiger partial charge < -0.3 is 14.5 Å². The van der Waals surface area contributed by atoms with Crippen LogP contribution in [0.15, 0.2) is 4.42 Å². The third-order valence-corrected chi connectivity index (χ3v) is 3.88. The maximum atomic E-state index is 12.0. The minimum absolute atomic E-state index is 0.300. The number of hydrogen-bond acceptors (Lipinski definition) is 5. The number of anilines is 1. The molecule has 1 saturated carbocycles. The first-order valence-corrected chi connectivity index (χ1v) is 8.18. The van der Waals surface area contributed by atoms with Gasteiger partial charge in [-0.05, 0) is 26.2 Å². The third kappa shape index (κ3) is 4.22. The van der Waals surface area contributed by atoms with Crippen molar-refractivity contribution in [2.24, 2.45) is 0 Å². The highest BCUT2D eigenvalue weighted by Crippen LogP contribution is 2.34. The quantitative estimate of drug-likeness (QED) is 0.605. The van der Waals surface area contributed by atoms with E-state index in [1.807, 2.05) is 0 Å². The summed E-state index contributed by atoms with van der Waals surface area (Å²) in [4.78, 5) is 16.4. The average molecular weight is 294 g/mol. The van der Waals surface area contributed by atoms with Gasteiger partial charge in [-0.2, -0.15) is 0 Å². The number of unbranched alkanes of at least 4 members (excludes halogenated alkanes) is 1. The number of ether oxygens (including phenoxy) is 1. The summed E-state index contributed by atoms with van der Waals surface area (Å²) in [6, 6.07) is 0. The second kappa shape index (κ2) is 8.05. The smallest absolute Gasteiger partial charge is 0.362 e. The highest BCUT2D eigenvalue weighted by molar-refractivity contribution is 5.92. The number of carbonyl (C=O) groups is 1. The Kier molecular flexibility index (Phi) is 6.08. The molecule has 0 radical (unpaired) electrons. The molecule has 1 aliphatic carbocycles. The largest absolute Gasteiger partial charge is 0.461 e. The first-order chi connectivity index (χ1) is 10.3. The second-order valence-electron chi connectivity index (χ2n) is 5.57. The van der Waals surface area contributed by atoms with Crippen molar-refractivity contribution in [2.45, 2.75) is 64.7 Å². The van der Waals surface area contributed by atoms with E-state index < -0.39 is 5.97 Å². The summed E-state index contributed by atoms with van der Waals surface area (Å²) < 4.78 is 10.9. The molecule has 1 N–H and O–H groups in total. The molecular formula is C16H26N2O3. The number of nitrogens with one attached hydrogen (secondary N) is 1. The number of oxazole rings is 1. The van der Waals surface area contributed by atoms with E-state index in [0.717, 1.165) is 32.2 Å². The van der Waals surface area contributed by atoms with E-state index in [1.54, 1.807) is 6.92 Å². The van der Waals surface area contributed by atoms with Crippen molar-refractivity contribution < 1.29 is 13.9 Å². The van der Waals surface area contributed by atoms with Crippen LogP contribution in [0.5, 0.6) is 0 Å². The summed E-state index contributed by atoms with van der Waals surface area (Å²) in [6.45, 7) is 5.05. The molecule has 0 atom stereocenters. The van der Waals surface area contributed by atoms with Crippen LogP contribution in [0.1, 0.15) is 81.1 Å². The van der Waals surface area contributed by atoms with Crippen LogP contribution in [0.25, 0.3) is 0 Å². The van der Waals surface area contributed by atoms with Crippen LogP contribution in [0.3, 0.4) is 0 Å². The molecule has 0 bridgehead atoms. The molecule has 21 heavy (non-hydrogen) atoms. The van der Waals surface area contributed by atoms with Crippen LogP contribution in [0.2, 0.25) is 0 Å². The van der Waals surface area contributed by atoms with Crippen LogP contribution in [0.4, 0.5) is 5.88 Å². The van der Waals surface area contributed by atoms with Gasteiger partial charge in [-0.25, -0.2) is 9.78 Å². The maximum Gasteiger partial charge on any atom is 0.362 e. The number of nitrogens with zero attached hydrogens (tertiary/aromatic N) is 1. The standard InChI is InChI=1S/C16H26N2O3/c1-3-5-11-17-15-13(16(19)20-4-2)18-14(21-15)12-9-7-6-8-10-12/h12,17H,3-11H2,1-2H3. The van der Waals surface area contributed by atoms with Crippen molar-refractivity contribution in [1.82, 2.24) is 4.98 Å². The molecular weight excluding hydrogens is 268 g/mol. The lowest BCUT2D eigenvalue weighted by Gasteiger charge is -2.17. The van der Waals surface area contributed by atoms with Gasteiger partial charge in [-0.1, -0.05) is 32.6 Å². The lowest BCUT2D eigenvalue weighted by atomic mass is 9.89. The van der Waals surface area contributed by atoms with E-state index >= 15 is 0 Å². The molecule has 1 heterocycles. The van der Waals surface area contributed by atoms with E-state index in [-0.39, 0.29) is 0 Å². The first-order valence-electron chi connectivity index (χ1n) is 8.18. The van der Waals surface area contributed by atoms with Gasteiger partial charge in [0, 0.05) is 12.5 Å². The number of aromatic nitrogens is 1. The van der Waals surface area contributed by atoms with Gasteiger partial charge >= 0.3 is 5.97 Å². The fourth-order valence-corrected chi connectivity index (χ4v) is 2.70. The van der Waals surface area contributed by atoms with E-state index in [1.165, 1.54) is 19.3 Å². The van der Waals surface area contributed by atoms with Crippen molar-refractivity contribution >= 4 is 11.9 Å². The molecule has 0 aliphatic heterocycles. The van der Waals surface area contributed by atoms with Gasteiger partial charge in [0.2, 0.25) is 17.5 Å². The van der Waals surface area contributed by atoms with Crippen LogP contribution in [0, 0.1) is 0 Å². The molecule has 5 heteroatoms. The molecule has 0 amide bonds. The highest BCUT2D eigenvalue weighted by Gasteiger charge is 2.26. The molecule has 1 aromatic heterocycles. The minimum Gasteiger partial charge on any atom is -0.461 e. The van der Waals surface area contributed by atoms with E-state index in [4.69, 9.17) is 9.15 Å². The highest BCUT2D eigenvalue weighted by atomic mass is 16.5. The van der Waals surface area contributed by atoms with Crippen molar-refractivity contribution in [3.63, 3.8) is 0 Å². The van der Waals surface area contributed by atoms with Crippen LogP contribution >= 0.6 is 0 Å². The number of carbonyl (C=O) groups excluding carboxylic acids is 1. The van der Waals surface area contributed by atoms with Gasteiger partial charge in [-0.3, -0.25) is 0 Å². The summed E-state index contributed by atoms with van der Waals surface area (Å²) >= 11 is 0. The molecule has 1 aromatic rings. The normalized spacial score (nSPS) is 15.9. The Morgan fingerprint density at radius 2 is 2.10 bits per heavy atom. The SMILES string of the molecule is CCCCNc1oc(C2CCCCC2)nc1C(=O)OCC. The molecule has 0 saturated heterocycles. The van der Waals surface area contributed by atoms with Crippen LogP contribution < -0.4 is 5.32 Å². The molecule has 5 nitrogen and oxygen atoms in total. The van der Waals surface area contributed by atoms with E-state index in [0.29, 0.717) is 30.0 Å². The van der Waals surface area contributed by atoms with Crippen molar-refractivity contribution in [1.29, 1.82) is 0 Å². The topological polar surface area (TPSA) is 64.4 Å². The van der Waals surface area contributed by atoms with Gasteiger partial charge in [-0.15, -0.1) is 0 Å². The maximum absolute atomic E-state index is 12.0. The minimum atomic E-state index is -0.401. The van der Waals surface area contributed by atoms with E-state index in [9.17, 15) is 4.79 Å². The van der Waals surface area contributed by atoms with Gasteiger partial charge in [0.05, 0.1) is 6.61 Å². The Hall–Kier alpha value is -1.52. The predicted octanol–water partition coefficient (Wildman–Crippen LogP) is 4.11. The van der Waals surface area contributed by atoms with Gasteiger partial charge in [0.1, 0.15) is 0 Å². The van der Waals surface area contributed by atoms with Crippen LogP contribution in [-0.4, -0.2) is 24.1 Å². The predicted molar refractivity (Wildman–Crippen MR) is 81.7 cm³/mol. The monoisotopic (exact) mass is 294 g/mol. The second-order valence-corrected chi connectivity index (χ2v) is 5.57. The number of esters is 1. The van der Waals surface area contributed by atoms with Crippen LogP contribution in [-0.2, 0) is 4.74 Å². The molecule has 1 fully saturated rings. The molecule has 2 rings (SSSR count). The molecule has 0 spiro atoms. The Morgan fingerprint density at radius 3 is 2.76 bits per heavy atom.